The molecule has 0 aromatic carbocycles. The number of aliphatic hydroxyl groups is 2. The van der Waals surface area contributed by atoms with Crippen molar-refractivity contribution in [3.05, 3.63) is 24.3 Å². The summed E-state index contributed by atoms with van der Waals surface area (Å²) in [6, 6.07) is 0. The third-order valence-electron chi connectivity index (χ3n) is 32.7. The Hall–Kier alpha value is -1.70. The number of ether oxygens (including phenoxy) is 2. The molecule has 0 amide bonds. The van der Waals surface area contributed by atoms with E-state index in [1.54, 1.807) is 0 Å². The molecule has 92 heavy (non-hydrogen) atoms. The van der Waals surface area contributed by atoms with E-state index in [1.165, 1.54) is 127 Å². The van der Waals surface area contributed by atoms with Crippen molar-refractivity contribution >= 4 is 28.8 Å². The molecule has 3 unspecified atom stereocenters. The topological polar surface area (TPSA) is 110 Å². The van der Waals surface area contributed by atoms with Crippen LogP contribution in [0.5, 0.6) is 0 Å². The smallest absolute Gasteiger partial charge is 0.309 e. The summed E-state index contributed by atoms with van der Waals surface area (Å²) in [5, 5.41) is 21.4. The predicted molar refractivity (Wildman–Crippen MR) is 383 cm³/mol. The maximum Gasteiger partial charge on any atom is 0.309 e. The number of fused-ring (bicyclic) bond motifs is 14. The molecule has 23 atom stereocenters. The van der Waals surface area contributed by atoms with Gasteiger partial charge in [-0.1, -0.05) is 174 Å². The van der Waals surface area contributed by atoms with Gasteiger partial charge < -0.3 is 19.7 Å². The van der Waals surface area contributed by atoms with Crippen LogP contribution in [-0.4, -0.2) is 52.8 Å². The highest BCUT2D eigenvalue weighted by atomic mass is 35.5. The SMILES string of the molecule is C=C(C)[C@@H]1CC[C@]2(CO)CC[C@]3(C)[C@H](CC[C@@H]4[C@@]5(C)CC[C@H](O)C(C)(C)[C@@H]5CC[C@]43C)[C@@H]12.C=C(C)[C@@H]1CC[C@]2(COC(=O)C(CC)CCCC)CC[C@]3(C)[C@H](CC[C@@H]4[C@@]5(C)CC[C@H](OC(=O)C(CC)CCCC)C(C)(C)[C@@H]5CC[C@]43C)[C@@H]12.CCCCC(CC)C(=O)Cl. The maximum absolute atomic E-state index is 13.5. The van der Waals surface area contributed by atoms with Crippen molar-refractivity contribution in [1.29, 1.82) is 0 Å². The van der Waals surface area contributed by atoms with Gasteiger partial charge in [-0.25, -0.2) is 0 Å². The monoisotopic (exact) mass is 1300 g/mol. The van der Waals surface area contributed by atoms with Gasteiger partial charge in [-0.2, -0.15) is 0 Å². The van der Waals surface area contributed by atoms with E-state index in [0.29, 0.717) is 76.8 Å². The normalized spacial score (nSPS) is 43.6. The van der Waals surface area contributed by atoms with Crippen LogP contribution in [0.2, 0.25) is 0 Å². The van der Waals surface area contributed by atoms with Crippen LogP contribution in [0, 0.1) is 131 Å². The summed E-state index contributed by atoms with van der Waals surface area (Å²) >= 11 is 5.34. The molecule has 7 nitrogen and oxygen atoms in total. The van der Waals surface area contributed by atoms with Gasteiger partial charge in [0.25, 0.3) is 0 Å². The zero-order chi connectivity index (χ0) is 68.0. The number of unbranched alkanes of at least 4 members (excludes halogenated alkanes) is 3. The van der Waals surface area contributed by atoms with Crippen molar-refractivity contribution in [2.75, 3.05) is 13.2 Å². The van der Waals surface area contributed by atoms with Gasteiger partial charge in [0, 0.05) is 23.4 Å². The highest BCUT2D eigenvalue weighted by molar-refractivity contribution is 6.63. The Bertz CT molecular complexity index is 2550. The third kappa shape index (κ3) is 13.0. The van der Waals surface area contributed by atoms with Crippen molar-refractivity contribution in [2.45, 2.75) is 342 Å². The number of allylic oxidation sites excluding steroid dienone is 2. The van der Waals surface area contributed by atoms with Crippen LogP contribution in [0.15, 0.2) is 24.3 Å². The molecule has 10 aliphatic carbocycles. The van der Waals surface area contributed by atoms with E-state index < -0.39 is 0 Å². The van der Waals surface area contributed by atoms with Gasteiger partial charge in [0.05, 0.1) is 24.5 Å². The maximum atomic E-state index is 13.5. The largest absolute Gasteiger partial charge is 0.465 e. The molecular weight excluding hydrogens is 1160 g/mol. The molecule has 10 saturated carbocycles. The van der Waals surface area contributed by atoms with E-state index in [2.05, 4.69) is 131 Å². The summed E-state index contributed by atoms with van der Waals surface area (Å²) < 4.78 is 12.9. The van der Waals surface area contributed by atoms with E-state index >= 15 is 0 Å². The summed E-state index contributed by atoms with van der Waals surface area (Å²) in [6.07, 6.45) is 36.5. The van der Waals surface area contributed by atoms with Gasteiger partial charge in [-0.15, -0.1) is 0 Å². The first kappa shape index (κ1) is 76.1. The van der Waals surface area contributed by atoms with Gasteiger partial charge in [0.15, 0.2) is 0 Å². The lowest BCUT2D eigenvalue weighted by Gasteiger charge is -2.73. The molecule has 10 aliphatic rings. The van der Waals surface area contributed by atoms with Gasteiger partial charge in [-0.05, 0) is 295 Å². The van der Waals surface area contributed by atoms with Gasteiger partial charge in [0.1, 0.15) is 6.10 Å². The number of halogens is 1. The molecule has 2 N–H and O–H groups in total. The second-order valence-corrected chi connectivity index (χ2v) is 37.4. The highest BCUT2D eigenvalue weighted by Crippen LogP contribution is 2.80. The molecule has 0 spiro atoms. The number of rotatable bonds is 21. The standard InChI is InChI=1S/C46H78O4.C30H50O2.C8H15ClO/c1-12-16-18-32(14-3)40(47)49-30-46-27-22-34(31(5)6)39(46)35-20-21-37-43(9)25-24-38(50-41(48)33(15-4)19-17-13-2)42(7,8)36(43)23-26-45(37,11)44(35,10)28-29-46;1-19(2)20-10-15-30(18-31)17-16-28(6)21(25(20)30)8-9-23-27(5)13-12-24(32)26(3,4)22(27)11-14-29(23,28)7;1-3-5-6-7(4-2)8(9)10/h32-39H,5,12-30H2,1-4,6-11H3;20-25,31-32H,1,8-18H2,2-7H3;7H,3-6H2,1-2H3/t32?,33?,34-,35+,36-,37+,38-,39+,43-,44+,45+,46+;20-,21+,22-,23+,24-,25+,27-,28+,29+,30+;/m00./s1. The molecule has 10 fully saturated rings. The zero-order valence-electron chi connectivity index (χ0n) is 62.9. The van der Waals surface area contributed by atoms with E-state index in [1.807, 2.05) is 6.92 Å². The summed E-state index contributed by atoms with van der Waals surface area (Å²) in [6.45, 7) is 53.0. The number of esters is 2. The Morgan fingerprint density at radius 3 is 1.35 bits per heavy atom. The first-order valence-corrected chi connectivity index (χ1v) is 39.7. The van der Waals surface area contributed by atoms with Crippen molar-refractivity contribution in [3.8, 4) is 0 Å². The number of hydrogen-bond acceptors (Lipinski definition) is 7. The van der Waals surface area contributed by atoms with Gasteiger partial charge >= 0.3 is 11.9 Å². The predicted octanol–water partition coefficient (Wildman–Crippen LogP) is 22.5. The van der Waals surface area contributed by atoms with Crippen molar-refractivity contribution in [2.24, 2.45) is 131 Å². The fourth-order valence-electron chi connectivity index (χ4n) is 26.6. The minimum atomic E-state index is -0.170. The van der Waals surface area contributed by atoms with Crippen LogP contribution >= 0.6 is 11.6 Å². The first-order valence-electron chi connectivity index (χ1n) is 39.4. The lowest BCUT2D eigenvalue weighted by atomic mass is 9.32. The summed E-state index contributed by atoms with van der Waals surface area (Å²) in [5.74, 6) is 6.58. The Balaban J connectivity index is 0.000000220. The van der Waals surface area contributed by atoms with Crippen LogP contribution in [0.25, 0.3) is 0 Å². The lowest BCUT2D eigenvalue weighted by molar-refractivity contribution is -0.252. The fourth-order valence-corrected chi connectivity index (χ4v) is 26.9. The fraction of sp³-hybridized carbons (Fsp3) is 0.917. The van der Waals surface area contributed by atoms with Crippen LogP contribution in [-0.2, 0) is 23.9 Å². The van der Waals surface area contributed by atoms with Crippen LogP contribution < -0.4 is 0 Å². The van der Waals surface area contributed by atoms with Crippen LogP contribution in [0.3, 0.4) is 0 Å². The van der Waals surface area contributed by atoms with E-state index in [0.717, 1.165) is 102 Å². The first-order chi connectivity index (χ1) is 43.2. The Morgan fingerprint density at radius 1 is 0.478 bits per heavy atom. The average Bonchev–Trinajstić information content (AvgIpc) is 0.983. The molecule has 0 aliphatic heterocycles. The van der Waals surface area contributed by atoms with Gasteiger partial charge in [-0.3, -0.25) is 14.4 Å². The number of carbonyl (C=O) groups is 3. The highest BCUT2D eigenvalue weighted by Gasteiger charge is 2.73. The lowest BCUT2D eigenvalue weighted by Crippen LogP contribution is -2.67. The van der Waals surface area contributed by atoms with E-state index in [9.17, 15) is 24.6 Å². The zero-order valence-corrected chi connectivity index (χ0v) is 63.7. The molecule has 0 bridgehead atoms. The molecule has 528 valence electrons. The van der Waals surface area contributed by atoms with Crippen molar-refractivity contribution < 1.29 is 34.1 Å². The molecule has 0 aromatic rings. The molecular formula is C84H143ClO7. The second-order valence-electron chi connectivity index (χ2n) is 37.1. The molecule has 10 rings (SSSR count). The quantitative estimate of drug-likeness (QED) is 0.0669. The van der Waals surface area contributed by atoms with Gasteiger partial charge in [0.2, 0.25) is 5.24 Å². The Labute approximate surface area is 570 Å². The molecule has 8 heteroatoms. The van der Waals surface area contributed by atoms with E-state index in [4.69, 9.17) is 21.1 Å². The number of hydrogen-bond donors (Lipinski definition) is 2. The number of carbonyl (C=O) groups excluding carboxylic acids is 3. The Morgan fingerprint density at radius 2 is 0.902 bits per heavy atom. The minimum absolute atomic E-state index is 0.0159. The molecule has 0 saturated heterocycles. The third-order valence-corrected chi connectivity index (χ3v) is 33.0. The summed E-state index contributed by atoms with van der Waals surface area (Å²) in [5.41, 5.74) is 4.79. The van der Waals surface area contributed by atoms with Crippen LogP contribution in [0.4, 0.5) is 0 Å². The van der Waals surface area contributed by atoms with Crippen LogP contribution in [0.1, 0.15) is 330 Å². The Kier molecular flexibility index (Phi) is 24.2. The molecule has 0 heterocycles. The molecule has 0 radical (unpaired) electrons. The average molecular weight is 1300 g/mol. The summed E-state index contributed by atoms with van der Waals surface area (Å²) in [7, 11) is 0. The second kappa shape index (κ2) is 29.2. The van der Waals surface area contributed by atoms with Crippen molar-refractivity contribution in [3.63, 3.8) is 0 Å². The number of aliphatic hydroxyl groups excluding tert-OH is 2. The molecule has 0 aromatic heterocycles. The van der Waals surface area contributed by atoms with Crippen molar-refractivity contribution in [1.82, 2.24) is 0 Å². The minimum Gasteiger partial charge on any atom is -0.465 e. The summed E-state index contributed by atoms with van der Waals surface area (Å²) in [4.78, 5) is 37.5. The van der Waals surface area contributed by atoms with E-state index in [-0.39, 0.29) is 85.0 Å².